The highest BCUT2D eigenvalue weighted by Gasteiger charge is 2.26. The predicted octanol–water partition coefficient (Wildman–Crippen LogP) is 3.02. The van der Waals surface area contributed by atoms with E-state index in [9.17, 15) is 13.7 Å². The quantitative estimate of drug-likeness (QED) is 0.926. The third-order valence-corrected chi connectivity index (χ3v) is 7.24. The normalized spacial score (nSPS) is 14.0. The molecule has 5 nitrogen and oxygen atoms in total. The van der Waals surface area contributed by atoms with Crippen LogP contribution in [0.5, 0.6) is 0 Å². The predicted molar refractivity (Wildman–Crippen MR) is 79.0 cm³/mol. The molecule has 0 radical (unpaired) electrons. The number of halogens is 1. The SMILES string of the molecule is N#Cc1c(NS(=O)(=O)c2cnc(Cl)s2)sc2c1CCC2. The van der Waals surface area contributed by atoms with Gasteiger partial charge in [0.05, 0.1) is 11.8 Å². The van der Waals surface area contributed by atoms with Crippen LogP contribution in [0.1, 0.15) is 22.4 Å². The molecule has 104 valence electrons. The lowest BCUT2D eigenvalue weighted by Crippen LogP contribution is -2.11. The summed E-state index contributed by atoms with van der Waals surface area (Å²) < 4.78 is 27.1. The Bertz CT molecular complexity index is 817. The maximum Gasteiger partial charge on any atom is 0.273 e. The molecule has 1 N–H and O–H groups in total. The standard InChI is InChI=1S/C11H8ClN3O2S3/c12-11-14-5-9(19-11)20(16,17)15-10-7(4-13)6-2-1-3-8(6)18-10/h5,15H,1-3H2. The van der Waals surface area contributed by atoms with Crippen LogP contribution in [0.3, 0.4) is 0 Å². The highest BCUT2D eigenvalue weighted by molar-refractivity contribution is 7.95. The average Bonchev–Trinajstić information content (AvgIpc) is 3.04. The molecule has 0 bridgehead atoms. The fraction of sp³-hybridized carbons (Fsp3) is 0.273. The second-order valence-corrected chi connectivity index (χ2v) is 8.84. The van der Waals surface area contributed by atoms with Gasteiger partial charge in [0.15, 0.2) is 8.68 Å². The summed E-state index contributed by atoms with van der Waals surface area (Å²) in [6.07, 6.45) is 3.97. The van der Waals surface area contributed by atoms with Crippen LogP contribution >= 0.6 is 34.3 Å². The molecule has 0 spiro atoms. The van der Waals surface area contributed by atoms with Crippen LogP contribution in [0.15, 0.2) is 10.4 Å². The van der Waals surface area contributed by atoms with Crippen LogP contribution < -0.4 is 4.72 Å². The summed E-state index contributed by atoms with van der Waals surface area (Å²) in [5.74, 6) is 0. The van der Waals surface area contributed by atoms with Crippen molar-refractivity contribution in [2.45, 2.75) is 23.5 Å². The summed E-state index contributed by atoms with van der Waals surface area (Å²) in [6, 6.07) is 2.10. The molecular formula is C11H8ClN3O2S3. The zero-order valence-corrected chi connectivity index (χ0v) is 13.2. The molecule has 0 saturated carbocycles. The molecule has 0 unspecified atom stereocenters. The van der Waals surface area contributed by atoms with E-state index in [-0.39, 0.29) is 8.68 Å². The highest BCUT2D eigenvalue weighted by Crippen LogP contribution is 2.39. The van der Waals surface area contributed by atoms with Crippen molar-refractivity contribution in [3.63, 3.8) is 0 Å². The van der Waals surface area contributed by atoms with E-state index in [1.807, 2.05) is 0 Å². The first-order valence-electron chi connectivity index (χ1n) is 5.70. The van der Waals surface area contributed by atoms with Gasteiger partial charge in [-0.05, 0) is 24.8 Å². The van der Waals surface area contributed by atoms with Gasteiger partial charge in [-0.3, -0.25) is 4.72 Å². The van der Waals surface area contributed by atoms with Crippen molar-refractivity contribution in [2.24, 2.45) is 0 Å². The number of anilines is 1. The number of nitrogens with one attached hydrogen (secondary N) is 1. The molecule has 9 heteroatoms. The van der Waals surface area contributed by atoms with Crippen LogP contribution in [0.2, 0.25) is 4.47 Å². The van der Waals surface area contributed by atoms with Crippen molar-refractivity contribution in [1.29, 1.82) is 5.26 Å². The summed E-state index contributed by atoms with van der Waals surface area (Å²) >= 11 is 7.88. The molecule has 1 aliphatic rings. The van der Waals surface area contributed by atoms with Gasteiger partial charge in [-0.2, -0.15) is 5.26 Å². The van der Waals surface area contributed by atoms with Gasteiger partial charge in [-0.25, -0.2) is 13.4 Å². The lowest BCUT2D eigenvalue weighted by atomic mass is 10.1. The Balaban J connectivity index is 1.98. The molecule has 20 heavy (non-hydrogen) atoms. The van der Waals surface area contributed by atoms with Crippen molar-refractivity contribution < 1.29 is 8.42 Å². The fourth-order valence-corrected chi connectivity index (χ4v) is 5.97. The van der Waals surface area contributed by atoms with Gasteiger partial charge in [0, 0.05) is 4.88 Å². The molecule has 2 heterocycles. The maximum atomic E-state index is 12.2. The van der Waals surface area contributed by atoms with Crippen LogP contribution in [-0.2, 0) is 22.9 Å². The van der Waals surface area contributed by atoms with E-state index in [4.69, 9.17) is 11.6 Å². The summed E-state index contributed by atoms with van der Waals surface area (Å²) in [5, 5.41) is 9.62. The summed E-state index contributed by atoms with van der Waals surface area (Å²) in [6.45, 7) is 0. The smallest absolute Gasteiger partial charge is 0.269 e. The van der Waals surface area contributed by atoms with Gasteiger partial charge in [0.2, 0.25) is 0 Å². The molecule has 0 saturated heterocycles. The first-order chi connectivity index (χ1) is 9.51. The van der Waals surface area contributed by atoms with Crippen LogP contribution in [-0.4, -0.2) is 13.4 Å². The lowest BCUT2D eigenvalue weighted by Gasteiger charge is -2.04. The average molecular weight is 346 g/mol. The van der Waals surface area contributed by atoms with Gasteiger partial charge >= 0.3 is 0 Å². The fourth-order valence-electron chi connectivity index (χ4n) is 2.13. The van der Waals surface area contributed by atoms with E-state index < -0.39 is 10.0 Å². The summed E-state index contributed by atoms with van der Waals surface area (Å²) in [7, 11) is -3.73. The maximum absolute atomic E-state index is 12.2. The van der Waals surface area contributed by atoms with Crippen LogP contribution in [0, 0.1) is 11.3 Å². The molecule has 1 aliphatic carbocycles. The minimum absolute atomic E-state index is 0.0416. The zero-order chi connectivity index (χ0) is 14.3. The summed E-state index contributed by atoms with van der Waals surface area (Å²) in [4.78, 5) is 4.82. The second-order valence-electron chi connectivity index (χ2n) is 4.21. The number of thiazole rings is 1. The van der Waals surface area contributed by atoms with Crippen molar-refractivity contribution >= 4 is 49.3 Å². The third-order valence-electron chi connectivity index (χ3n) is 2.98. The van der Waals surface area contributed by atoms with E-state index in [0.29, 0.717) is 10.6 Å². The Morgan fingerprint density at radius 2 is 2.20 bits per heavy atom. The van der Waals surface area contributed by atoms with Crippen LogP contribution in [0.25, 0.3) is 0 Å². The summed E-state index contributed by atoms with van der Waals surface area (Å²) in [5.41, 5.74) is 1.43. The molecular weight excluding hydrogens is 338 g/mol. The van der Waals surface area contributed by atoms with E-state index in [1.54, 1.807) is 0 Å². The number of hydrogen-bond donors (Lipinski definition) is 1. The van der Waals surface area contributed by atoms with Crippen molar-refractivity contribution in [3.8, 4) is 6.07 Å². The number of fused-ring (bicyclic) bond motifs is 1. The van der Waals surface area contributed by atoms with E-state index >= 15 is 0 Å². The number of aromatic nitrogens is 1. The van der Waals surface area contributed by atoms with Gasteiger partial charge in [0.25, 0.3) is 10.0 Å². The Kier molecular flexibility index (Phi) is 3.46. The molecule has 0 amide bonds. The number of nitrogens with zero attached hydrogens (tertiary/aromatic N) is 2. The van der Waals surface area contributed by atoms with E-state index in [0.717, 1.165) is 41.0 Å². The number of hydrogen-bond acceptors (Lipinski definition) is 6. The number of nitriles is 1. The van der Waals surface area contributed by atoms with Gasteiger partial charge in [-0.1, -0.05) is 22.9 Å². The van der Waals surface area contributed by atoms with E-state index in [2.05, 4.69) is 15.8 Å². The Hall–Kier alpha value is -1.14. The minimum atomic E-state index is -3.73. The van der Waals surface area contributed by atoms with Crippen molar-refractivity contribution in [2.75, 3.05) is 4.72 Å². The monoisotopic (exact) mass is 345 g/mol. The molecule has 2 aromatic rings. The Labute approximate surface area is 128 Å². The zero-order valence-electron chi connectivity index (χ0n) is 10.0. The second kappa shape index (κ2) is 5.00. The molecule has 0 aliphatic heterocycles. The van der Waals surface area contributed by atoms with Crippen LogP contribution in [0.4, 0.5) is 5.00 Å². The van der Waals surface area contributed by atoms with Crippen molar-refractivity contribution in [1.82, 2.24) is 4.98 Å². The molecule has 0 atom stereocenters. The van der Waals surface area contributed by atoms with Gasteiger partial charge < -0.3 is 0 Å². The number of rotatable bonds is 3. The highest BCUT2D eigenvalue weighted by atomic mass is 35.5. The van der Waals surface area contributed by atoms with Gasteiger partial charge in [-0.15, -0.1) is 11.3 Å². The largest absolute Gasteiger partial charge is 0.273 e. The van der Waals surface area contributed by atoms with Crippen molar-refractivity contribution in [3.05, 3.63) is 26.7 Å². The number of sulfonamides is 1. The molecule has 2 aromatic heterocycles. The van der Waals surface area contributed by atoms with E-state index in [1.165, 1.54) is 17.5 Å². The lowest BCUT2D eigenvalue weighted by molar-refractivity contribution is 0.603. The Morgan fingerprint density at radius 3 is 2.85 bits per heavy atom. The molecule has 0 fully saturated rings. The topological polar surface area (TPSA) is 82.9 Å². The molecule has 0 aromatic carbocycles. The Morgan fingerprint density at radius 1 is 1.40 bits per heavy atom. The van der Waals surface area contributed by atoms with Gasteiger partial charge in [0.1, 0.15) is 11.1 Å². The third kappa shape index (κ3) is 2.31. The first-order valence-corrected chi connectivity index (χ1v) is 9.19. The minimum Gasteiger partial charge on any atom is -0.269 e. The first kappa shape index (κ1) is 13.8. The number of thiophene rings is 1. The molecule has 3 rings (SSSR count). The number of aryl methyl sites for hydroxylation is 1.